The van der Waals surface area contributed by atoms with Gasteiger partial charge in [0, 0.05) is 13.0 Å². The van der Waals surface area contributed by atoms with Crippen LogP contribution in [0.1, 0.15) is 32.1 Å². The number of morpholine rings is 1. The molecule has 1 saturated carbocycles. The molecule has 134 valence electrons. The quantitative estimate of drug-likeness (QED) is 0.583. The smallest absolute Gasteiger partial charge is 0.233 e. The lowest BCUT2D eigenvalue weighted by Gasteiger charge is -2.23. The highest BCUT2D eigenvalue weighted by atomic mass is 16.5. The molecule has 1 aliphatic carbocycles. The molecule has 7 nitrogen and oxygen atoms in total. The molecule has 0 aromatic heterocycles. The molecule has 0 spiro atoms. The number of nitrogens with one attached hydrogen (secondary N) is 2. The number of carbonyl (C=O) groups excluding carboxylic acids is 3. The fourth-order valence-corrected chi connectivity index (χ4v) is 4.04. The minimum atomic E-state index is -0.126. The van der Waals surface area contributed by atoms with E-state index in [2.05, 4.69) is 5.32 Å². The molecule has 3 amide bonds. The Bertz CT molecular complexity index is 466. The fourth-order valence-electron chi connectivity index (χ4n) is 4.04. The maximum absolute atomic E-state index is 12.3. The van der Waals surface area contributed by atoms with Gasteiger partial charge >= 0.3 is 0 Å². The summed E-state index contributed by atoms with van der Waals surface area (Å²) in [7, 11) is 0. The normalized spacial score (nSPS) is 28.1. The number of nitrogens with zero attached hydrogens (tertiary/aromatic N) is 1. The summed E-state index contributed by atoms with van der Waals surface area (Å²) in [6.45, 7) is 5.27. The maximum atomic E-state index is 12.3. The zero-order chi connectivity index (χ0) is 16.9. The first-order chi connectivity index (χ1) is 11.7. The molecule has 0 unspecified atom stereocenters. The Balaban J connectivity index is 1.38. The van der Waals surface area contributed by atoms with Gasteiger partial charge in [-0.3, -0.25) is 19.3 Å². The van der Waals surface area contributed by atoms with E-state index in [-0.39, 0.29) is 42.5 Å². The molecule has 7 heteroatoms. The number of likely N-dealkylation sites (tertiary alicyclic amines) is 1. The third-order valence-electron chi connectivity index (χ3n) is 5.50. The molecule has 2 saturated heterocycles. The number of amides is 3. The second-order valence-corrected chi connectivity index (χ2v) is 7.04. The van der Waals surface area contributed by atoms with Crippen molar-refractivity contribution in [2.75, 3.05) is 45.9 Å². The van der Waals surface area contributed by atoms with Crippen LogP contribution < -0.4 is 10.2 Å². The van der Waals surface area contributed by atoms with Crippen molar-refractivity contribution < 1.29 is 24.0 Å². The Morgan fingerprint density at radius 1 is 1.12 bits per heavy atom. The van der Waals surface area contributed by atoms with Gasteiger partial charge in [-0.1, -0.05) is 12.8 Å². The van der Waals surface area contributed by atoms with Gasteiger partial charge in [0.2, 0.25) is 17.7 Å². The van der Waals surface area contributed by atoms with Crippen LogP contribution in [0, 0.1) is 11.8 Å². The largest absolute Gasteiger partial charge is 0.370 e. The molecule has 2 atom stereocenters. The van der Waals surface area contributed by atoms with Gasteiger partial charge < -0.3 is 15.0 Å². The summed E-state index contributed by atoms with van der Waals surface area (Å²) in [4.78, 5) is 39.4. The van der Waals surface area contributed by atoms with Gasteiger partial charge in [-0.25, -0.2) is 0 Å². The van der Waals surface area contributed by atoms with E-state index in [1.54, 1.807) is 0 Å². The number of fused-ring (bicyclic) bond motifs is 1. The zero-order valence-electron chi connectivity index (χ0n) is 14.2. The molecule has 2 aliphatic heterocycles. The van der Waals surface area contributed by atoms with Crippen LogP contribution in [0.25, 0.3) is 0 Å². The standard InChI is InChI=1S/C17H27N3O4/c21-15(18-6-8-19-9-11-24-12-10-19)5-7-20-16(22)13-3-1-2-4-14(13)17(20)23/h13-14H,1-12H2,(H,18,21)/p+1/t13-,14-/m0/s1. The summed E-state index contributed by atoms with van der Waals surface area (Å²) in [5.74, 6) is -0.456. The van der Waals surface area contributed by atoms with Gasteiger partial charge in [-0.2, -0.15) is 0 Å². The van der Waals surface area contributed by atoms with Crippen LogP contribution >= 0.6 is 0 Å². The number of hydrogen-bond donors (Lipinski definition) is 2. The van der Waals surface area contributed by atoms with E-state index in [9.17, 15) is 14.4 Å². The maximum Gasteiger partial charge on any atom is 0.233 e. The Morgan fingerprint density at radius 3 is 2.38 bits per heavy atom. The van der Waals surface area contributed by atoms with Gasteiger partial charge in [0.15, 0.2) is 0 Å². The molecule has 3 fully saturated rings. The van der Waals surface area contributed by atoms with Crippen LogP contribution in [0.4, 0.5) is 0 Å². The Labute approximate surface area is 142 Å². The summed E-state index contributed by atoms with van der Waals surface area (Å²) >= 11 is 0. The van der Waals surface area contributed by atoms with Crippen LogP contribution in [0.2, 0.25) is 0 Å². The van der Waals surface area contributed by atoms with Gasteiger partial charge in [-0.15, -0.1) is 0 Å². The molecular weight excluding hydrogens is 310 g/mol. The predicted octanol–water partition coefficient (Wildman–Crippen LogP) is -1.42. The van der Waals surface area contributed by atoms with Crippen molar-refractivity contribution >= 4 is 17.7 Å². The van der Waals surface area contributed by atoms with E-state index < -0.39 is 0 Å². The Morgan fingerprint density at radius 2 is 1.75 bits per heavy atom. The molecule has 3 rings (SSSR count). The van der Waals surface area contributed by atoms with Crippen molar-refractivity contribution in [1.29, 1.82) is 0 Å². The van der Waals surface area contributed by atoms with Gasteiger partial charge in [-0.05, 0) is 12.8 Å². The van der Waals surface area contributed by atoms with Crippen molar-refractivity contribution in [3.05, 3.63) is 0 Å². The number of quaternary nitrogens is 1. The van der Waals surface area contributed by atoms with Crippen LogP contribution in [0.5, 0.6) is 0 Å². The summed E-state index contributed by atoms with van der Waals surface area (Å²) in [5, 5.41) is 2.90. The molecular formula is C17H28N3O4+. The topological polar surface area (TPSA) is 80.2 Å². The first-order valence-corrected chi connectivity index (χ1v) is 9.20. The second-order valence-electron chi connectivity index (χ2n) is 7.04. The molecule has 2 heterocycles. The average molecular weight is 338 g/mol. The van der Waals surface area contributed by atoms with Crippen molar-refractivity contribution in [3.63, 3.8) is 0 Å². The predicted molar refractivity (Wildman–Crippen MR) is 86.2 cm³/mol. The molecule has 2 N–H and O–H groups in total. The molecule has 0 bridgehead atoms. The van der Waals surface area contributed by atoms with Crippen LogP contribution in [0.3, 0.4) is 0 Å². The number of rotatable bonds is 6. The zero-order valence-corrected chi connectivity index (χ0v) is 14.2. The lowest BCUT2D eigenvalue weighted by Crippen LogP contribution is -3.14. The highest BCUT2D eigenvalue weighted by Crippen LogP contribution is 2.37. The van der Waals surface area contributed by atoms with Crippen molar-refractivity contribution in [1.82, 2.24) is 10.2 Å². The Kier molecular flexibility index (Phi) is 5.84. The first kappa shape index (κ1) is 17.4. The van der Waals surface area contributed by atoms with Crippen LogP contribution in [0.15, 0.2) is 0 Å². The summed E-state index contributed by atoms with van der Waals surface area (Å²) in [5.41, 5.74) is 0. The lowest BCUT2D eigenvalue weighted by molar-refractivity contribution is -0.906. The third kappa shape index (κ3) is 3.95. The van der Waals surface area contributed by atoms with E-state index in [0.29, 0.717) is 6.54 Å². The first-order valence-electron chi connectivity index (χ1n) is 9.20. The summed E-state index contributed by atoms with van der Waals surface area (Å²) < 4.78 is 5.31. The Hall–Kier alpha value is -1.47. The number of carbonyl (C=O) groups is 3. The molecule has 3 aliphatic rings. The van der Waals surface area contributed by atoms with E-state index in [1.807, 2.05) is 0 Å². The van der Waals surface area contributed by atoms with E-state index in [4.69, 9.17) is 4.74 Å². The van der Waals surface area contributed by atoms with E-state index >= 15 is 0 Å². The summed E-state index contributed by atoms with van der Waals surface area (Å²) in [6.07, 6.45) is 3.90. The number of imide groups is 1. The third-order valence-corrected chi connectivity index (χ3v) is 5.50. The second kappa shape index (κ2) is 8.07. The van der Waals surface area contributed by atoms with Crippen LogP contribution in [-0.2, 0) is 19.1 Å². The van der Waals surface area contributed by atoms with Gasteiger partial charge in [0.25, 0.3) is 0 Å². The number of hydrogen-bond acceptors (Lipinski definition) is 4. The van der Waals surface area contributed by atoms with E-state index in [0.717, 1.165) is 58.5 Å². The fraction of sp³-hybridized carbons (Fsp3) is 0.824. The average Bonchev–Trinajstić information content (AvgIpc) is 2.85. The monoisotopic (exact) mass is 338 g/mol. The minimum absolute atomic E-state index is 0.0599. The van der Waals surface area contributed by atoms with Crippen molar-refractivity contribution in [2.24, 2.45) is 11.8 Å². The van der Waals surface area contributed by atoms with Crippen molar-refractivity contribution in [2.45, 2.75) is 32.1 Å². The highest BCUT2D eigenvalue weighted by molar-refractivity contribution is 6.05. The SMILES string of the molecule is O=C(CCN1C(=O)[C@H]2CCCC[C@@H]2C1=O)NCC[NH+]1CCOCC1. The number of ether oxygens (including phenoxy) is 1. The molecule has 0 aromatic rings. The highest BCUT2D eigenvalue weighted by Gasteiger charge is 2.47. The van der Waals surface area contributed by atoms with Crippen LogP contribution in [-0.4, -0.2) is 68.6 Å². The van der Waals surface area contributed by atoms with Gasteiger partial charge in [0.1, 0.15) is 13.1 Å². The summed E-state index contributed by atoms with van der Waals surface area (Å²) in [6, 6.07) is 0. The van der Waals surface area contributed by atoms with Gasteiger partial charge in [0.05, 0.1) is 38.1 Å². The molecule has 0 radical (unpaired) electrons. The molecule has 24 heavy (non-hydrogen) atoms. The minimum Gasteiger partial charge on any atom is -0.370 e. The molecule has 0 aromatic carbocycles. The van der Waals surface area contributed by atoms with Crippen molar-refractivity contribution in [3.8, 4) is 0 Å². The van der Waals surface area contributed by atoms with E-state index in [1.165, 1.54) is 9.80 Å². The lowest BCUT2D eigenvalue weighted by atomic mass is 9.81.